The molecular formula is C11H11Cl2NO2. The molecule has 1 unspecified atom stereocenters. The van der Waals surface area contributed by atoms with E-state index in [4.69, 9.17) is 28.3 Å². The number of aromatic nitrogens is 1. The van der Waals surface area contributed by atoms with Gasteiger partial charge in [0.2, 0.25) is 0 Å². The van der Waals surface area contributed by atoms with Crippen molar-refractivity contribution in [3.63, 3.8) is 0 Å². The van der Waals surface area contributed by atoms with Gasteiger partial charge in [-0.05, 0) is 25.0 Å². The molecule has 1 aromatic heterocycles. The van der Waals surface area contributed by atoms with E-state index < -0.39 is 11.4 Å². The third-order valence-corrected chi connectivity index (χ3v) is 2.95. The van der Waals surface area contributed by atoms with Crippen molar-refractivity contribution < 1.29 is 9.90 Å². The van der Waals surface area contributed by atoms with Gasteiger partial charge in [-0.25, -0.2) is 4.98 Å². The molecule has 16 heavy (non-hydrogen) atoms. The quantitative estimate of drug-likeness (QED) is 0.668. The van der Waals surface area contributed by atoms with Gasteiger partial charge in [0.1, 0.15) is 5.15 Å². The molecular weight excluding hydrogens is 249 g/mol. The second-order valence-corrected chi connectivity index (χ2v) is 4.50. The van der Waals surface area contributed by atoms with Crippen LogP contribution in [0.2, 0.25) is 10.2 Å². The maximum absolute atomic E-state index is 11.1. The normalized spacial score (nSPS) is 14.2. The Balaban J connectivity index is 3.04. The van der Waals surface area contributed by atoms with Crippen LogP contribution in [0.25, 0.3) is 0 Å². The van der Waals surface area contributed by atoms with Gasteiger partial charge in [0.05, 0.1) is 5.41 Å². The summed E-state index contributed by atoms with van der Waals surface area (Å²) in [5, 5.41) is 9.77. The van der Waals surface area contributed by atoms with Crippen molar-refractivity contribution in [3.05, 3.63) is 40.7 Å². The van der Waals surface area contributed by atoms with E-state index in [0.717, 1.165) is 0 Å². The first kappa shape index (κ1) is 13.0. The van der Waals surface area contributed by atoms with Gasteiger partial charge in [-0.15, -0.1) is 6.58 Å². The lowest BCUT2D eigenvalue weighted by molar-refractivity contribution is -0.145. The molecule has 1 heterocycles. The Kier molecular flexibility index (Phi) is 3.94. The number of rotatable bonds is 4. The highest BCUT2D eigenvalue weighted by Gasteiger charge is 2.30. The SMILES string of the molecule is C=CC(C)(Cc1cnc(Cl)cc1Cl)C(=O)O. The Morgan fingerprint density at radius 1 is 1.69 bits per heavy atom. The lowest BCUT2D eigenvalue weighted by Crippen LogP contribution is -2.27. The van der Waals surface area contributed by atoms with E-state index >= 15 is 0 Å². The Morgan fingerprint density at radius 2 is 2.31 bits per heavy atom. The van der Waals surface area contributed by atoms with Crippen molar-refractivity contribution in [3.8, 4) is 0 Å². The molecule has 0 spiro atoms. The second-order valence-electron chi connectivity index (χ2n) is 3.70. The fourth-order valence-corrected chi connectivity index (χ4v) is 1.63. The molecule has 0 radical (unpaired) electrons. The summed E-state index contributed by atoms with van der Waals surface area (Å²) in [7, 11) is 0. The highest BCUT2D eigenvalue weighted by molar-refractivity contribution is 6.34. The minimum atomic E-state index is -1.06. The monoisotopic (exact) mass is 259 g/mol. The van der Waals surface area contributed by atoms with Crippen molar-refractivity contribution in [2.24, 2.45) is 5.41 Å². The fraction of sp³-hybridized carbons (Fsp3) is 0.273. The molecule has 0 aliphatic rings. The number of halogens is 2. The maximum Gasteiger partial charge on any atom is 0.313 e. The van der Waals surface area contributed by atoms with Gasteiger partial charge in [-0.3, -0.25) is 4.79 Å². The molecule has 1 N–H and O–H groups in total. The van der Waals surface area contributed by atoms with Crippen LogP contribution in [-0.4, -0.2) is 16.1 Å². The maximum atomic E-state index is 11.1. The molecule has 1 atom stereocenters. The molecule has 5 heteroatoms. The van der Waals surface area contributed by atoms with Gasteiger partial charge >= 0.3 is 5.97 Å². The number of carboxylic acid groups (broad SMARTS) is 1. The summed E-state index contributed by atoms with van der Waals surface area (Å²) < 4.78 is 0. The molecule has 0 aliphatic heterocycles. The van der Waals surface area contributed by atoms with Gasteiger partial charge < -0.3 is 5.11 Å². The summed E-state index contributed by atoms with van der Waals surface area (Å²) in [6.07, 6.45) is 3.10. The van der Waals surface area contributed by atoms with Gasteiger partial charge in [0.15, 0.2) is 0 Å². The molecule has 0 aliphatic carbocycles. The molecule has 0 bridgehead atoms. The van der Waals surface area contributed by atoms with Crippen molar-refractivity contribution in [1.29, 1.82) is 0 Å². The van der Waals surface area contributed by atoms with Crippen LogP contribution in [0, 0.1) is 5.41 Å². The van der Waals surface area contributed by atoms with Crippen LogP contribution in [0.3, 0.4) is 0 Å². The summed E-state index contributed by atoms with van der Waals surface area (Å²) in [4.78, 5) is 14.9. The lowest BCUT2D eigenvalue weighted by Gasteiger charge is -2.20. The van der Waals surface area contributed by atoms with Crippen LogP contribution in [0.4, 0.5) is 0 Å². The van der Waals surface area contributed by atoms with Gasteiger partial charge in [0, 0.05) is 11.2 Å². The molecule has 0 amide bonds. The third-order valence-electron chi connectivity index (χ3n) is 2.39. The van der Waals surface area contributed by atoms with E-state index in [1.54, 1.807) is 6.92 Å². The first-order valence-electron chi connectivity index (χ1n) is 4.56. The van der Waals surface area contributed by atoms with Crippen LogP contribution in [0.1, 0.15) is 12.5 Å². The largest absolute Gasteiger partial charge is 0.481 e. The lowest BCUT2D eigenvalue weighted by atomic mass is 9.84. The zero-order valence-corrected chi connectivity index (χ0v) is 10.2. The molecule has 86 valence electrons. The summed E-state index contributed by atoms with van der Waals surface area (Å²) in [6.45, 7) is 5.10. The number of carbonyl (C=O) groups is 1. The molecule has 0 saturated heterocycles. The van der Waals surface area contributed by atoms with Crippen LogP contribution >= 0.6 is 23.2 Å². The van der Waals surface area contributed by atoms with Crippen molar-refractivity contribution in [2.75, 3.05) is 0 Å². The van der Waals surface area contributed by atoms with Gasteiger partial charge in [-0.2, -0.15) is 0 Å². The van der Waals surface area contributed by atoms with E-state index in [2.05, 4.69) is 11.6 Å². The third kappa shape index (κ3) is 2.74. The minimum absolute atomic E-state index is 0.231. The standard InChI is InChI=1S/C11H11Cl2NO2/c1-3-11(2,10(15)16)5-7-6-14-9(13)4-8(7)12/h3-4,6H,1,5H2,2H3,(H,15,16). The van der Waals surface area contributed by atoms with E-state index in [1.807, 2.05) is 0 Å². The van der Waals surface area contributed by atoms with E-state index in [0.29, 0.717) is 10.6 Å². The first-order valence-corrected chi connectivity index (χ1v) is 5.31. The van der Waals surface area contributed by atoms with Crippen molar-refractivity contribution in [1.82, 2.24) is 4.98 Å². The van der Waals surface area contributed by atoms with E-state index in [1.165, 1.54) is 18.3 Å². The van der Waals surface area contributed by atoms with Crippen molar-refractivity contribution in [2.45, 2.75) is 13.3 Å². The number of hydrogen-bond acceptors (Lipinski definition) is 2. The molecule has 1 rings (SSSR count). The van der Waals surface area contributed by atoms with Crippen LogP contribution in [0.15, 0.2) is 24.9 Å². The van der Waals surface area contributed by atoms with Gasteiger partial charge in [-0.1, -0.05) is 29.3 Å². The first-order chi connectivity index (χ1) is 7.39. The predicted octanol–water partition coefficient (Wildman–Crippen LogP) is 3.21. The Hall–Kier alpha value is -1.06. The highest BCUT2D eigenvalue weighted by atomic mass is 35.5. The minimum Gasteiger partial charge on any atom is -0.481 e. The molecule has 3 nitrogen and oxygen atoms in total. The summed E-state index contributed by atoms with van der Waals surface area (Å²) >= 11 is 11.6. The fourth-order valence-electron chi connectivity index (χ4n) is 1.20. The zero-order valence-electron chi connectivity index (χ0n) is 8.70. The van der Waals surface area contributed by atoms with E-state index in [-0.39, 0.29) is 11.6 Å². The number of nitrogens with zero attached hydrogens (tertiary/aromatic N) is 1. The van der Waals surface area contributed by atoms with E-state index in [9.17, 15) is 4.79 Å². The van der Waals surface area contributed by atoms with Crippen LogP contribution < -0.4 is 0 Å². The Labute approximate surface area is 104 Å². The van der Waals surface area contributed by atoms with Crippen LogP contribution in [-0.2, 0) is 11.2 Å². The summed E-state index contributed by atoms with van der Waals surface area (Å²) in [5.74, 6) is -0.950. The molecule has 0 aromatic carbocycles. The highest BCUT2D eigenvalue weighted by Crippen LogP contribution is 2.28. The number of aliphatic carboxylic acids is 1. The summed E-state index contributed by atoms with van der Waals surface area (Å²) in [6, 6.07) is 1.49. The second kappa shape index (κ2) is 4.85. The number of hydrogen-bond donors (Lipinski definition) is 1. The summed E-state index contributed by atoms with van der Waals surface area (Å²) in [5.41, 5.74) is -0.421. The average molecular weight is 260 g/mol. The van der Waals surface area contributed by atoms with Crippen molar-refractivity contribution >= 4 is 29.2 Å². The molecule has 0 saturated carbocycles. The number of pyridine rings is 1. The topological polar surface area (TPSA) is 50.2 Å². The predicted molar refractivity (Wildman–Crippen MR) is 63.9 cm³/mol. The average Bonchev–Trinajstić information content (AvgIpc) is 2.22. The molecule has 0 fully saturated rings. The molecule has 1 aromatic rings. The van der Waals surface area contributed by atoms with Crippen LogP contribution in [0.5, 0.6) is 0 Å². The Morgan fingerprint density at radius 3 is 2.75 bits per heavy atom. The Bertz CT molecular complexity index is 434. The number of carboxylic acids is 1. The van der Waals surface area contributed by atoms with Gasteiger partial charge in [0.25, 0.3) is 0 Å². The zero-order chi connectivity index (χ0) is 12.3. The smallest absolute Gasteiger partial charge is 0.313 e.